The highest BCUT2D eigenvalue weighted by atomic mass is 32.2. The highest BCUT2D eigenvalue weighted by molar-refractivity contribution is 7.92. The van der Waals surface area contributed by atoms with Crippen molar-refractivity contribution in [1.82, 2.24) is 0 Å². The SMILES string of the molecule is CCOC(=O)c1ccc(S(=O)(=O)N2CC(=O)Nc3ccccc32)cc1. The summed E-state index contributed by atoms with van der Waals surface area (Å²) in [5, 5.41) is 2.65. The number of para-hydroxylation sites is 2. The number of rotatable bonds is 4. The molecule has 0 saturated heterocycles. The Labute approximate surface area is 145 Å². The van der Waals surface area contributed by atoms with Gasteiger partial charge >= 0.3 is 5.97 Å². The molecular formula is C17H16N2O5S. The van der Waals surface area contributed by atoms with Gasteiger partial charge in [0, 0.05) is 0 Å². The monoisotopic (exact) mass is 360 g/mol. The van der Waals surface area contributed by atoms with Gasteiger partial charge in [-0.2, -0.15) is 0 Å². The molecule has 1 aliphatic heterocycles. The molecule has 2 aromatic carbocycles. The molecular weight excluding hydrogens is 344 g/mol. The maximum absolute atomic E-state index is 12.9. The lowest BCUT2D eigenvalue weighted by molar-refractivity contribution is -0.115. The summed E-state index contributed by atoms with van der Waals surface area (Å²) >= 11 is 0. The Morgan fingerprint density at radius 2 is 1.84 bits per heavy atom. The second-order valence-electron chi connectivity index (χ2n) is 5.32. The highest BCUT2D eigenvalue weighted by Gasteiger charge is 2.32. The van der Waals surface area contributed by atoms with E-state index in [2.05, 4.69) is 5.32 Å². The fourth-order valence-electron chi connectivity index (χ4n) is 2.52. The number of nitrogens with zero attached hydrogens (tertiary/aromatic N) is 1. The summed E-state index contributed by atoms with van der Waals surface area (Å²) in [6.45, 7) is 1.62. The number of hydrogen-bond donors (Lipinski definition) is 1. The van der Waals surface area contributed by atoms with Crippen LogP contribution in [0, 0.1) is 0 Å². The van der Waals surface area contributed by atoms with Crippen LogP contribution in [-0.2, 0) is 19.6 Å². The molecule has 0 saturated carbocycles. The van der Waals surface area contributed by atoms with Crippen molar-refractivity contribution >= 4 is 33.3 Å². The van der Waals surface area contributed by atoms with Gasteiger partial charge in [0.05, 0.1) is 28.4 Å². The lowest BCUT2D eigenvalue weighted by Crippen LogP contribution is -2.42. The zero-order valence-electron chi connectivity index (χ0n) is 13.4. The second kappa shape index (κ2) is 6.56. The number of ether oxygens (including phenoxy) is 1. The number of anilines is 2. The number of hydrogen-bond acceptors (Lipinski definition) is 5. The Morgan fingerprint density at radius 1 is 1.16 bits per heavy atom. The van der Waals surface area contributed by atoms with Gasteiger partial charge in [0.15, 0.2) is 0 Å². The smallest absolute Gasteiger partial charge is 0.338 e. The summed E-state index contributed by atoms with van der Waals surface area (Å²) in [4.78, 5) is 23.5. The van der Waals surface area contributed by atoms with Crippen molar-refractivity contribution < 1.29 is 22.7 Å². The van der Waals surface area contributed by atoms with E-state index in [4.69, 9.17) is 4.74 Å². The molecule has 0 spiro atoms. The van der Waals surface area contributed by atoms with E-state index in [1.807, 2.05) is 0 Å². The number of esters is 1. The lowest BCUT2D eigenvalue weighted by atomic mass is 10.2. The number of nitrogens with one attached hydrogen (secondary N) is 1. The Hall–Kier alpha value is -2.87. The summed E-state index contributed by atoms with van der Waals surface area (Å²) < 4.78 is 31.8. The topological polar surface area (TPSA) is 92.8 Å². The first-order valence-corrected chi connectivity index (χ1v) is 9.06. The number of benzene rings is 2. The number of carbonyl (C=O) groups excluding carboxylic acids is 2. The van der Waals surface area contributed by atoms with Crippen molar-refractivity contribution in [2.75, 3.05) is 22.8 Å². The third-order valence-corrected chi connectivity index (χ3v) is 5.46. The largest absolute Gasteiger partial charge is 0.462 e. The Kier molecular flexibility index (Phi) is 4.45. The Balaban J connectivity index is 1.97. The molecule has 0 aliphatic carbocycles. The fraction of sp³-hybridized carbons (Fsp3) is 0.176. The Morgan fingerprint density at radius 3 is 2.52 bits per heavy atom. The normalized spacial score (nSPS) is 13.8. The summed E-state index contributed by atoms with van der Waals surface area (Å²) in [7, 11) is -3.94. The van der Waals surface area contributed by atoms with Gasteiger partial charge in [-0.15, -0.1) is 0 Å². The highest BCUT2D eigenvalue weighted by Crippen LogP contribution is 2.33. The van der Waals surface area contributed by atoms with Crippen molar-refractivity contribution in [3.63, 3.8) is 0 Å². The van der Waals surface area contributed by atoms with E-state index in [0.29, 0.717) is 11.4 Å². The molecule has 0 atom stereocenters. The van der Waals surface area contributed by atoms with Gasteiger partial charge in [-0.3, -0.25) is 9.10 Å². The first-order valence-electron chi connectivity index (χ1n) is 7.62. The predicted molar refractivity (Wildman–Crippen MR) is 92.0 cm³/mol. The van der Waals surface area contributed by atoms with Gasteiger partial charge in [0.1, 0.15) is 6.54 Å². The van der Waals surface area contributed by atoms with E-state index in [1.165, 1.54) is 24.3 Å². The minimum Gasteiger partial charge on any atom is -0.462 e. The first-order chi connectivity index (χ1) is 11.9. The van der Waals surface area contributed by atoms with E-state index in [1.54, 1.807) is 31.2 Å². The predicted octanol–water partition coefficient (Wildman–Crippen LogP) is 2.01. The van der Waals surface area contributed by atoms with Gasteiger partial charge in [-0.25, -0.2) is 13.2 Å². The van der Waals surface area contributed by atoms with E-state index < -0.39 is 21.9 Å². The van der Waals surface area contributed by atoms with Gasteiger partial charge in [0.25, 0.3) is 10.0 Å². The van der Waals surface area contributed by atoms with Crippen molar-refractivity contribution in [2.24, 2.45) is 0 Å². The summed E-state index contributed by atoms with van der Waals surface area (Å²) in [6, 6.07) is 12.1. The average molecular weight is 360 g/mol. The van der Waals surface area contributed by atoms with Crippen LogP contribution >= 0.6 is 0 Å². The molecule has 8 heteroatoms. The van der Waals surface area contributed by atoms with E-state index in [0.717, 1.165) is 4.31 Å². The van der Waals surface area contributed by atoms with E-state index in [9.17, 15) is 18.0 Å². The van der Waals surface area contributed by atoms with Gasteiger partial charge in [0.2, 0.25) is 5.91 Å². The summed E-state index contributed by atoms with van der Waals surface area (Å²) in [5.74, 6) is -0.931. The van der Waals surface area contributed by atoms with Crippen LogP contribution in [-0.4, -0.2) is 33.4 Å². The Bertz CT molecular complexity index is 922. The molecule has 1 N–H and O–H groups in total. The average Bonchev–Trinajstić information content (AvgIpc) is 2.61. The van der Waals surface area contributed by atoms with Crippen LogP contribution in [0.3, 0.4) is 0 Å². The number of carbonyl (C=O) groups is 2. The molecule has 0 unspecified atom stereocenters. The van der Waals surface area contributed by atoms with Crippen LogP contribution in [0.1, 0.15) is 17.3 Å². The summed E-state index contributed by atoms with van der Waals surface area (Å²) in [5.41, 5.74) is 1.10. The van der Waals surface area contributed by atoms with Gasteiger partial charge < -0.3 is 10.1 Å². The molecule has 1 heterocycles. The second-order valence-corrected chi connectivity index (χ2v) is 7.18. The molecule has 1 aliphatic rings. The molecule has 3 rings (SSSR count). The number of fused-ring (bicyclic) bond motifs is 1. The molecule has 130 valence electrons. The van der Waals surface area contributed by atoms with Crippen LogP contribution < -0.4 is 9.62 Å². The first kappa shape index (κ1) is 17.0. The van der Waals surface area contributed by atoms with E-state index >= 15 is 0 Å². The third kappa shape index (κ3) is 3.20. The zero-order chi connectivity index (χ0) is 18.0. The minimum atomic E-state index is -3.94. The maximum Gasteiger partial charge on any atom is 0.338 e. The van der Waals surface area contributed by atoms with Crippen molar-refractivity contribution in [3.05, 3.63) is 54.1 Å². The van der Waals surface area contributed by atoms with Crippen LogP contribution in [0.15, 0.2) is 53.4 Å². The molecule has 0 radical (unpaired) electrons. The van der Waals surface area contributed by atoms with Gasteiger partial charge in [-0.05, 0) is 43.3 Å². The van der Waals surface area contributed by atoms with Crippen molar-refractivity contribution in [2.45, 2.75) is 11.8 Å². The quantitative estimate of drug-likeness (QED) is 0.842. The van der Waals surface area contributed by atoms with Crippen LogP contribution in [0.4, 0.5) is 11.4 Å². The molecule has 0 bridgehead atoms. The maximum atomic E-state index is 12.9. The van der Waals surface area contributed by atoms with Crippen molar-refractivity contribution in [1.29, 1.82) is 0 Å². The molecule has 0 aromatic heterocycles. The fourth-order valence-corrected chi connectivity index (χ4v) is 3.96. The standard InChI is InChI=1S/C17H16N2O5S/c1-2-24-17(21)12-7-9-13(10-8-12)25(22,23)19-11-16(20)18-14-5-3-4-6-15(14)19/h3-10H,2,11H2,1H3,(H,18,20). The summed E-state index contributed by atoms with van der Waals surface area (Å²) in [6.07, 6.45) is 0. The number of sulfonamides is 1. The zero-order valence-corrected chi connectivity index (χ0v) is 14.2. The van der Waals surface area contributed by atoms with Crippen LogP contribution in [0.2, 0.25) is 0 Å². The van der Waals surface area contributed by atoms with Crippen molar-refractivity contribution in [3.8, 4) is 0 Å². The molecule has 25 heavy (non-hydrogen) atoms. The number of amides is 1. The van der Waals surface area contributed by atoms with Crippen LogP contribution in [0.5, 0.6) is 0 Å². The molecule has 1 amide bonds. The molecule has 2 aromatic rings. The van der Waals surface area contributed by atoms with Crippen LogP contribution in [0.25, 0.3) is 0 Å². The molecule has 7 nitrogen and oxygen atoms in total. The van der Waals surface area contributed by atoms with E-state index in [-0.39, 0.29) is 23.6 Å². The minimum absolute atomic E-state index is 0.00921. The lowest BCUT2D eigenvalue weighted by Gasteiger charge is -2.30. The molecule has 0 fully saturated rings. The third-order valence-electron chi connectivity index (χ3n) is 3.69. The van der Waals surface area contributed by atoms with Gasteiger partial charge in [-0.1, -0.05) is 12.1 Å².